The van der Waals surface area contributed by atoms with Gasteiger partial charge in [-0.15, -0.1) is 11.3 Å². The lowest BCUT2D eigenvalue weighted by molar-refractivity contribution is -0.189. The molecule has 0 saturated carbocycles. The fourth-order valence-electron chi connectivity index (χ4n) is 5.22. The van der Waals surface area contributed by atoms with Crippen LogP contribution in [0.4, 0.5) is 30.7 Å². The molecule has 6 rings (SSSR count). The molecule has 4 aromatic carbocycles. The number of ether oxygens (including phenoxy) is 1. The summed E-state index contributed by atoms with van der Waals surface area (Å²) >= 11 is 1.60. The second-order valence-corrected chi connectivity index (χ2v) is 11.1. The summed E-state index contributed by atoms with van der Waals surface area (Å²) in [5.41, 5.74) is 3.62. The molecule has 0 fully saturated rings. The summed E-state index contributed by atoms with van der Waals surface area (Å²) in [6, 6.07) is 14.1. The number of aryl methyl sites for hydroxylation is 2. The monoisotopic (exact) mass is 587 g/mol. The number of halogens is 7. The molecule has 5 aromatic rings. The molecule has 1 aromatic heterocycles. The van der Waals surface area contributed by atoms with Crippen LogP contribution in [0, 0.1) is 36.0 Å². The summed E-state index contributed by atoms with van der Waals surface area (Å²) in [5, 5.41) is 0.893. The van der Waals surface area contributed by atoms with Crippen molar-refractivity contribution in [1.29, 1.82) is 0 Å². The zero-order chi connectivity index (χ0) is 29.1. The Morgan fingerprint density at radius 1 is 0.829 bits per heavy atom. The minimum absolute atomic E-state index is 0.166. The van der Waals surface area contributed by atoms with E-state index in [1.165, 1.54) is 0 Å². The van der Waals surface area contributed by atoms with Gasteiger partial charge in [0.25, 0.3) is 0 Å². The van der Waals surface area contributed by atoms with Gasteiger partial charge in [0.05, 0.1) is 10.2 Å². The summed E-state index contributed by atoms with van der Waals surface area (Å²) in [5.74, 6) is -10.1. The first-order valence-corrected chi connectivity index (χ1v) is 13.5. The van der Waals surface area contributed by atoms with Gasteiger partial charge in [0, 0.05) is 17.7 Å². The van der Waals surface area contributed by atoms with Crippen LogP contribution in [-0.4, -0.2) is 4.98 Å². The van der Waals surface area contributed by atoms with Gasteiger partial charge >= 0.3 is 6.11 Å². The zero-order valence-electron chi connectivity index (χ0n) is 21.4. The summed E-state index contributed by atoms with van der Waals surface area (Å²) in [7, 11) is 0. The highest BCUT2D eigenvalue weighted by Crippen LogP contribution is 2.40. The molecule has 0 radical (unpaired) electrons. The van der Waals surface area contributed by atoms with Crippen LogP contribution >= 0.6 is 11.3 Å². The van der Waals surface area contributed by atoms with Gasteiger partial charge in [-0.3, -0.25) is 0 Å². The van der Waals surface area contributed by atoms with Gasteiger partial charge in [-0.25, -0.2) is 26.9 Å². The minimum Gasteiger partial charge on any atom is -0.429 e. The maximum atomic E-state index is 14.9. The molecule has 1 aliphatic rings. The first kappa shape index (κ1) is 27.3. The van der Waals surface area contributed by atoms with E-state index in [0.29, 0.717) is 19.3 Å². The summed E-state index contributed by atoms with van der Waals surface area (Å²) in [4.78, 5) is 4.73. The number of fused-ring (bicyclic) bond motifs is 2. The molecule has 210 valence electrons. The Bertz CT molecular complexity index is 1770. The lowest BCUT2D eigenvalue weighted by Crippen LogP contribution is -2.26. The predicted molar refractivity (Wildman–Crippen MR) is 142 cm³/mol. The Morgan fingerprint density at radius 3 is 2.24 bits per heavy atom. The molecule has 1 heterocycles. The second-order valence-electron chi connectivity index (χ2n) is 10.1. The molecule has 1 atom stereocenters. The zero-order valence-corrected chi connectivity index (χ0v) is 22.2. The molecule has 0 N–H and O–H groups in total. The van der Waals surface area contributed by atoms with Gasteiger partial charge in [0.15, 0.2) is 17.5 Å². The quantitative estimate of drug-likeness (QED) is 0.151. The van der Waals surface area contributed by atoms with Crippen LogP contribution in [0.5, 0.6) is 5.75 Å². The van der Waals surface area contributed by atoms with E-state index < -0.39 is 46.5 Å². The highest BCUT2D eigenvalue weighted by atomic mass is 32.1. The summed E-state index contributed by atoms with van der Waals surface area (Å²) in [6.07, 6.45) is -3.02. The van der Waals surface area contributed by atoms with Crippen LogP contribution in [-0.2, 0) is 19.0 Å². The van der Waals surface area contributed by atoms with E-state index in [1.54, 1.807) is 11.3 Å². The molecule has 2 nitrogen and oxygen atoms in total. The van der Waals surface area contributed by atoms with Gasteiger partial charge in [0.1, 0.15) is 28.0 Å². The number of hydrogen-bond acceptors (Lipinski definition) is 3. The van der Waals surface area contributed by atoms with Gasteiger partial charge in [0.2, 0.25) is 0 Å². The fourth-order valence-corrected chi connectivity index (χ4v) is 6.28. The van der Waals surface area contributed by atoms with Crippen molar-refractivity contribution < 1.29 is 35.5 Å². The number of thiazole rings is 1. The van der Waals surface area contributed by atoms with Crippen LogP contribution in [0.15, 0.2) is 60.7 Å². The van der Waals surface area contributed by atoms with Crippen molar-refractivity contribution in [3.05, 3.63) is 118 Å². The molecule has 41 heavy (non-hydrogen) atoms. The lowest BCUT2D eigenvalue weighted by atomic mass is 9.79. The molecule has 10 heteroatoms. The van der Waals surface area contributed by atoms with Crippen LogP contribution in [0.25, 0.3) is 20.8 Å². The van der Waals surface area contributed by atoms with Crippen molar-refractivity contribution >= 4 is 21.6 Å². The average molecular weight is 588 g/mol. The van der Waals surface area contributed by atoms with Crippen LogP contribution in [0.1, 0.15) is 40.2 Å². The highest BCUT2D eigenvalue weighted by molar-refractivity contribution is 7.21. The third-order valence-electron chi connectivity index (χ3n) is 7.26. The van der Waals surface area contributed by atoms with Crippen LogP contribution in [0.3, 0.4) is 0 Å². The molecular weight excluding hydrogens is 567 g/mol. The molecule has 0 spiro atoms. The van der Waals surface area contributed by atoms with Crippen molar-refractivity contribution in [1.82, 2.24) is 4.98 Å². The molecule has 0 bridgehead atoms. The SMILES string of the molecule is Cc1ccc2nc(-c3ccc4c(c3)CCC(c3cc(F)c(C(F)(F)Oc5cc(F)c(F)c(F)c5)c(F)c3)C4)sc2c1. The van der Waals surface area contributed by atoms with Crippen molar-refractivity contribution in [2.24, 2.45) is 0 Å². The number of rotatable bonds is 5. The van der Waals surface area contributed by atoms with Crippen LogP contribution < -0.4 is 4.74 Å². The van der Waals surface area contributed by atoms with Crippen molar-refractivity contribution in [2.45, 2.75) is 38.2 Å². The van der Waals surface area contributed by atoms with Gasteiger partial charge in [-0.1, -0.05) is 18.2 Å². The highest BCUT2D eigenvalue weighted by Gasteiger charge is 2.42. The Balaban J connectivity index is 1.23. The molecule has 1 aliphatic carbocycles. The van der Waals surface area contributed by atoms with Gasteiger partial charge in [-0.05, 0) is 84.7 Å². The Kier molecular flexibility index (Phi) is 6.76. The molecule has 0 amide bonds. The first-order chi connectivity index (χ1) is 19.5. The number of benzene rings is 4. The smallest absolute Gasteiger partial charge is 0.429 e. The van der Waals surface area contributed by atoms with Gasteiger partial charge < -0.3 is 4.74 Å². The van der Waals surface area contributed by atoms with E-state index in [4.69, 9.17) is 4.98 Å². The minimum atomic E-state index is -4.63. The van der Waals surface area contributed by atoms with Crippen LogP contribution in [0.2, 0.25) is 0 Å². The fraction of sp³-hybridized carbons (Fsp3) is 0.194. The maximum absolute atomic E-state index is 14.9. The summed E-state index contributed by atoms with van der Waals surface area (Å²) < 4.78 is 105. The average Bonchev–Trinajstić information content (AvgIpc) is 3.33. The normalized spacial score (nSPS) is 15.3. The summed E-state index contributed by atoms with van der Waals surface area (Å²) in [6.45, 7) is 2.03. The van der Waals surface area contributed by atoms with E-state index in [9.17, 15) is 30.7 Å². The number of alkyl halides is 2. The first-order valence-electron chi connectivity index (χ1n) is 12.7. The second kappa shape index (κ2) is 10.2. The third-order valence-corrected chi connectivity index (χ3v) is 8.32. The maximum Gasteiger partial charge on any atom is 0.432 e. The Morgan fingerprint density at radius 2 is 1.54 bits per heavy atom. The molecule has 0 saturated heterocycles. The van der Waals surface area contributed by atoms with E-state index in [1.807, 2.05) is 31.2 Å². The number of nitrogens with zero attached hydrogens (tertiary/aromatic N) is 1. The van der Waals surface area contributed by atoms with E-state index in [0.717, 1.165) is 49.6 Å². The lowest BCUT2D eigenvalue weighted by Gasteiger charge is -2.26. The van der Waals surface area contributed by atoms with Gasteiger partial charge in [-0.2, -0.15) is 8.78 Å². The molecule has 1 unspecified atom stereocenters. The largest absolute Gasteiger partial charge is 0.432 e. The van der Waals surface area contributed by atoms with Crippen molar-refractivity contribution in [2.75, 3.05) is 0 Å². The number of aromatic nitrogens is 1. The predicted octanol–water partition coefficient (Wildman–Crippen LogP) is 9.37. The van der Waals surface area contributed by atoms with E-state index in [2.05, 4.69) is 16.9 Å². The molecule has 0 aliphatic heterocycles. The topological polar surface area (TPSA) is 22.1 Å². The van der Waals surface area contributed by atoms with Crippen molar-refractivity contribution in [3.63, 3.8) is 0 Å². The Hall–Kier alpha value is -3.92. The Labute approximate surface area is 234 Å². The standard InChI is InChI=1S/C31H20F7NOS/c1-15-2-7-26-27(8-15)41-30(39-26)19-6-5-16-9-18(4-3-17(16)10-19)20-11-22(32)28(23(33)12-20)31(37,38)40-21-13-24(34)29(36)25(35)14-21/h2,5-8,10-14,18H,3-4,9H2,1H3. The number of hydrogen-bond donors (Lipinski definition) is 0. The third kappa shape index (κ3) is 5.16. The van der Waals surface area contributed by atoms with E-state index >= 15 is 0 Å². The van der Waals surface area contributed by atoms with Crippen molar-refractivity contribution in [3.8, 4) is 16.3 Å². The van der Waals surface area contributed by atoms with E-state index in [-0.39, 0.29) is 23.6 Å². The molecular formula is C31H20F7NOS.